The van der Waals surface area contributed by atoms with Gasteiger partial charge in [-0.15, -0.1) is 0 Å². The zero-order valence-electron chi connectivity index (χ0n) is 15.7. The van der Waals surface area contributed by atoms with Crippen molar-refractivity contribution in [3.63, 3.8) is 0 Å². The summed E-state index contributed by atoms with van der Waals surface area (Å²) in [5, 5.41) is 13.3. The molecule has 2 rings (SSSR count). The lowest BCUT2D eigenvalue weighted by molar-refractivity contribution is -0.133. The fourth-order valence-electron chi connectivity index (χ4n) is 2.99. The van der Waals surface area contributed by atoms with Crippen LogP contribution in [0.1, 0.15) is 48.3 Å². The largest absolute Gasteiger partial charge is 0.336 e. The summed E-state index contributed by atoms with van der Waals surface area (Å²) in [6.07, 6.45) is 1.18. The summed E-state index contributed by atoms with van der Waals surface area (Å²) in [7, 11) is 1.93. The summed E-state index contributed by atoms with van der Waals surface area (Å²) in [5.41, 5.74) is 4.95. The minimum absolute atomic E-state index is 0.124. The lowest BCUT2D eigenvalue weighted by atomic mass is 10.1. The summed E-state index contributed by atoms with van der Waals surface area (Å²) in [6.45, 7) is 8.65. The van der Waals surface area contributed by atoms with Crippen molar-refractivity contribution in [3.05, 3.63) is 52.3 Å². The third kappa shape index (κ3) is 4.48. The van der Waals surface area contributed by atoms with Crippen molar-refractivity contribution in [1.82, 2.24) is 14.7 Å². The normalized spacial score (nSPS) is 10.8. The predicted octanol–water partition coefficient (Wildman–Crippen LogP) is 3.28. The van der Waals surface area contributed by atoms with Crippen LogP contribution in [0.25, 0.3) is 0 Å². The van der Waals surface area contributed by atoms with Gasteiger partial charge in [0.1, 0.15) is 0 Å². The minimum Gasteiger partial charge on any atom is -0.336 e. The quantitative estimate of drug-likeness (QED) is 0.812. The number of rotatable bonds is 6. The average molecular weight is 338 g/mol. The number of carbonyl (C=O) groups excluding carboxylic acids is 1. The van der Waals surface area contributed by atoms with Crippen LogP contribution in [0, 0.1) is 25.2 Å². The van der Waals surface area contributed by atoms with E-state index in [-0.39, 0.29) is 11.9 Å². The van der Waals surface area contributed by atoms with E-state index in [0.717, 1.165) is 22.5 Å². The molecule has 0 unspecified atom stereocenters. The lowest BCUT2D eigenvalue weighted by Crippen LogP contribution is -2.36. The third-order valence-corrected chi connectivity index (χ3v) is 4.63. The van der Waals surface area contributed by atoms with E-state index < -0.39 is 0 Å². The molecule has 0 radical (unpaired) electrons. The number of nitrogens with zero attached hydrogens (tertiary/aromatic N) is 4. The molecule has 0 bridgehead atoms. The number of amides is 1. The maximum atomic E-state index is 12.8. The van der Waals surface area contributed by atoms with Crippen molar-refractivity contribution in [2.45, 2.75) is 53.1 Å². The van der Waals surface area contributed by atoms with Crippen molar-refractivity contribution >= 4 is 5.91 Å². The van der Waals surface area contributed by atoms with Crippen molar-refractivity contribution in [1.29, 1.82) is 5.26 Å². The van der Waals surface area contributed by atoms with Crippen LogP contribution in [-0.2, 0) is 24.8 Å². The molecule has 0 spiro atoms. The van der Waals surface area contributed by atoms with Crippen molar-refractivity contribution in [3.8, 4) is 6.07 Å². The lowest BCUT2D eigenvalue weighted by Gasteiger charge is -2.27. The maximum Gasteiger partial charge on any atom is 0.223 e. The molecule has 0 aliphatic heterocycles. The molecule has 5 nitrogen and oxygen atoms in total. The SMILES string of the molecule is Cc1nn(C)c(C)c1CCC(=O)N(Cc1ccc(C#N)cc1)C(C)C. The first kappa shape index (κ1) is 18.7. The van der Waals surface area contributed by atoms with Gasteiger partial charge < -0.3 is 4.90 Å². The van der Waals surface area contributed by atoms with Crippen LogP contribution in [0.2, 0.25) is 0 Å². The minimum atomic E-state index is 0.124. The van der Waals surface area contributed by atoms with Gasteiger partial charge in [-0.2, -0.15) is 10.4 Å². The number of aryl methyl sites for hydroxylation is 2. The highest BCUT2D eigenvalue weighted by Crippen LogP contribution is 2.17. The molecule has 0 fully saturated rings. The van der Waals surface area contributed by atoms with Gasteiger partial charge in [-0.3, -0.25) is 9.48 Å². The van der Waals surface area contributed by atoms with E-state index in [0.29, 0.717) is 24.9 Å². The molecular formula is C20H26N4O. The van der Waals surface area contributed by atoms with Crippen molar-refractivity contribution < 1.29 is 4.79 Å². The van der Waals surface area contributed by atoms with E-state index in [9.17, 15) is 4.79 Å². The fourth-order valence-corrected chi connectivity index (χ4v) is 2.99. The average Bonchev–Trinajstić information content (AvgIpc) is 2.83. The molecule has 25 heavy (non-hydrogen) atoms. The van der Waals surface area contributed by atoms with E-state index in [1.54, 1.807) is 12.1 Å². The Labute approximate surface area is 149 Å². The summed E-state index contributed by atoms with van der Waals surface area (Å²) in [5.74, 6) is 0.141. The summed E-state index contributed by atoms with van der Waals surface area (Å²) in [4.78, 5) is 14.7. The zero-order valence-corrected chi connectivity index (χ0v) is 15.7. The molecule has 1 aromatic heterocycles. The fraction of sp³-hybridized carbons (Fsp3) is 0.450. The highest BCUT2D eigenvalue weighted by atomic mass is 16.2. The molecule has 5 heteroatoms. The highest BCUT2D eigenvalue weighted by Gasteiger charge is 2.19. The maximum absolute atomic E-state index is 12.8. The number of carbonyl (C=O) groups is 1. The van der Waals surface area contributed by atoms with E-state index in [1.807, 2.05) is 56.5 Å². The third-order valence-electron chi connectivity index (χ3n) is 4.63. The van der Waals surface area contributed by atoms with Gasteiger partial charge in [-0.1, -0.05) is 12.1 Å². The molecule has 0 atom stereocenters. The second-order valence-corrected chi connectivity index (χ2v) is 6.70. The van der Waals surface area contributed by atoms with Crippen LogP contribution in [0.5, 0.6) is 0 Å². The first-order valence-corrected chi connectivity index (χ1v) is 8.61. The molecule has 132 valence electrons. The Morgan fingerprint density at radius 1 is 1.28 bits per heavy atom. The highest BCUT2D eigenvalue weighted by molar-refractivity contribution is 5.76. The Balaban J connectivity index is 2.06. The molecule has 0 aliphatic carbocycles. The number of hydrogen-bond acceptors (Lipinski definition) is 3. The van der Waals surface area contributed by atoms with Gasteiger partial charge >= 0.3 is 0 Å². The molecule has 1 heterocycles. The van der Waals surface area contributed by atoms with Gasteiger partial charge in [0.05, 0.1) is 17.3 Å². The van der Waals surface area contributed by atoms with Crippen molar-refractivity contribution in [2.24, 2.45) is 7.05 Å². The first-order valence-electron chi connectivity index (χ1n) is 8.61. The Bertz CT molecular complexity index is 781. The van der Waals surface area contributed by atoms with Crippen molar-refractivity contribution in [2.75, 3.05) is 0 Å². The summed E-state index contributed by atoms with van der Waals surface area (Å²) >= 11 is 0. The molecule has 0 saturated heterocycles. The number of benzene rings is 1. The smallest absolute Gasteiger partial charge is 0.223 e. The van der Waals surface area contributed by atoms with Crippen LogP contribution in [0.15, 0.2) is 24.3 Å². The number of aromatic nitrogens is 2. The van der Waals surface area contributed by atoms with Crippen LogP contribution >= 0.6 is 0 Å². The van der Waals surface area contributed by atoms with Gasteiger partial charge in [0.15, 0.2) is 0 Å². The standard InChI is InChI=1S/C20H26N4O/c1-14(2)24(13-18-8-6-17(12-21)7-9-18)20(25)11-10-19-15(3)22-23(5)16(19)4/h6-9,14H,10-11,13H2,1-5H3. The van der Waals surface area contributed by atoms with Gasteiger partial charge in [-0.25, -0.2) is 0 Å². The van der Waals surface area contributed by atoms with Gasteiger partial charge in [0.25, 0.3) is 0 Å². The molecule has 1 aromatic carbocycles. The Morgan fingerprint density at radius 3 is 2.40 bits per heavy atom. The van der Waals surface area contributed by atoms with Crippen LogP contribution in [-0.4, -0.2) is 26.6 Å². The molecule has 2 aromatic rings. The predicted molar refractivity (Wildman–Crippen MR) is 97.8 cm³/mol. The van der Waals surface area contributed by atoms with Gasteiger partial charge in [0, 0.05) is 31.7 Å². The second-order valence-electron chi connectivity index (χ2n) is 6.70. The molecule has 0 saturated carbocycles. The number of nitriles is 1. The molecule has 0 aliphatic rings. The molecule has 1 amide bonds. The monoisotopic (exact) mass is 338 g/mol. The Kier molecular flexibility index (Phi) is 5.97. The van der Waals surface area contributed by atoms with Gasteiger partial charge in [-0.05, 0) is 57.4 Å². The number of hydrogen-bond donors (Lipinski definition) is 0. The van der Waals surface area contributed by atoms with E-state index in [2.05, 4.69) is 11.2 Å². The Morgan fingerprint density at radius 2 is 1.92 bits per heavy atom. The van der Waals surface area contributed by atoms with Gasteiger partial charge in [0.2, 0.25) is 5.91 Å². The summed E-state index contributed by atoms with van der Waals surface area (Å²) in [6, 6.07) is 9.65. The molecular weight excluding hydrogens is 312 g/mol. The van der Waals surface area contributed by atoms with E-state index in [1.165, 1.54) is 0 Å². The zero-order chi connectivity index (χ0) is 18.6. The second kappa shape index (κ2) is 7.98. The van der Waals surface area contributed by atoms with E-state index >= 15 is 0 Å². The Hall–Kier alpha value is -2.61. The summed E-state index contributed by atoms with van der Waals surface area (Å²) < 4.78 is 1.87. The van der Waals surface area contributed by atoms with Crippen LogP contribution < -0.4 is 0 Å². The molecule has 0 N–H and O–H groups in total. The van der Waals surface area contributed by atoms with Crippen LogP contribution in [0.3, 0.4) is 0 Å². The van der Waals surface area contributed by atoms with Crippen LogP contribution in [0.4, 0.5) is 0 Å². The van der Waals surface area contributed by atoms with E-state index in [4.69, 9.17) is 5.26 Å². The topological polar surface area (TPSA) is 61.9 Å². The first-order chi connectivity index (χ1) is 11.8.